The minimum Gasteiger partial charge on any atom is -0.394 e. The number of halogens is 2. The lowest BCUT2D eigenvalue weighted by Gasteiger charge is -2.17. The number of rotatable bonds is 4. The predicted octanol–water partition coefficient (Wildman–Crippen LogP) is 2.18. The number of aliphatic hydroxyl groups is 1. The normalized spacial score (nSPS) is 18.5. The van der Waals surface area contributed by atoms with Crippen molar-refractivity contribution in [2.75, 3.05) is 6.61 Å². The Kier molecular flexibility index (Phi) is 2.95. The average Bonchev–Trinajstić information content (AvgIpc) is 3.12. The van der Waals surface area contributed by atoms with Gasteiger partial charge in [0, 0.05) is 11.5 Å². The third kappa shape index (κ3) is 2.08. The minimum absolute atomic E-state index is 0.0453. The van der Waals surface area contributed by atoms with Gasteiger partial charge in [-0.15, -0.1) is 0 Å². The molecule has 1 unspecified atom stereocenters. The molecule has 16 heavy (non-hydrogen) atoms. The topological polar surface area (TPSA) is 46.2 Å². The fourth-order valence-electron chi connectivity index (χ4n) is 1.74. The van der Waals surface area contributed by atoms with Crippen molar-refractivity contribution in [2.24, 2.45) is 11.7 Å². The molecule has 3 N–H and O–H groups in total. The molecule has 1 fully saturated rings. The molecule has 4 heteroatoms. The zero-order chi connectivity index (χ0) is 11.8. The first-order valence-electron chi connectivity index (χ1n) is 5.40. The Hall–Kier alpha value is -1.00. The summed E-state index contributed by atoms with van der Waals surface area (Å²) in [6.07, 6.45) is 1.20. The smallest absolute Gasteiger partial charge is 0.276 e. The van der Waals surface area contributed by atoms with Crippen molar-refractivity contribution in [3.63, 3.8) is 0 Å². The van der Waals surface area contributed by atoms with E-state index < -0.39 is 17.9 Å². The molecule has 0 saturated heterocycles. The molecule has 0 aliphatic heterocycles. The van der Waals surface area contributed by atoms with Crippen LogP contribution in [-0.2, 0) is 5.92 Å². The van der Waals surface area contributed by atoms with Gasteiger partial charge < -0.3 is 10.8 Å². The van der Waals surface area contributed by atoms with Crippen LogP contribution in [0.5, 0.6) is 0 Å². The van der Waals surface area contributed by atoms with Gasteiger partial charge in [-0.25, -0.2) is 8.78 Å². The zero-order valence-electron chi connectivity index (χ0n) is 8.87. The number of nitrogens with two attached hydrogens (primary N) is 1. The minimum atomic E-state index is -2.72. The van der Waals surface area contributed by atoms with E-state index in [0.29, 0.717) is 18.4 Å². The van der Waals surface area contributed by atoms with Crippen molar-refractivity contribution < 1.29 is 13.9 Å². The molecule has 0 radical (unpaired) electrons. The van der Waals surface area contributed by atoms with Gasteiger partial charge in [0.25, 0.3) is 5.92 Å². The first-order valence-corrected chi connectivity index (χ1v) is 5.40. The SMILES string of the molecule is NC(CO)c1ccc(C(F)(F)C2CC2)cc1. The van der Waals surface area contributed by atoms with Gasteiger partial charge in [0.15, 0.2) is 0 Å². The van der Waals surface area contributed by atoms with E-state index in [1.54, 1.807) is 12.1 Å². The van der Waals surface area contributed by atoms with Crippen molar-refractivity contribution in [3.8, 4) is 0 Å². The largest absolute Gasteiger partial charge is 0.394 e. The summed E-state index contributed by atoms with van der Waals surface area (Å²) in [5, 5.41) is 8.84. The zero-order valence-corrected chi connectivity index (χ0v) is 8.87. The van der Waals surface area contributed by atoms with Crippen LogP contribution in [0.4, 0.5) is 8.78 Å². The van der Waals surface area contributed by atoms with Crippen LogP contribution >= 0.6 is 0 Å². The van der Waals surface area contributed by atoms with Crippen molar-refractivity contribution >= 4 is 0 Å². The summed E-state index contributed by atoms with van der Waals surface area (Å²) in [7, 11) is 0. The summed E-state index contributed by atoms with van der Waals surface area (Å²) in [5.74, 6) is -3.22. The van der Waals surface area contributed by atoms with Crippen LogP contribution in [0.1, 0.15) is 30.0 Å². The second-order valence-electron chi connectivity index (χ2n) is 4.31. The highest BCUT2D eigenvalue weighted by molar-refractivity contribution is 5.28. The van der Waals surface area contributed by atoms with Gasteiger partial charge in [-0.1, -0.05) is 24.3 Å². The van der Waals surface area contributed by atoms with Gasteiger partial charge in [0.1, 0.15) is 0 Å². The highest BCUT2D eigenvalue weighted by atomic mass is 19.3. The van der Waals surface area contributed by atoms with Crippen LogP contribution in [0.3, 0.4) is 0 Å². The molecule has 88 valence electrons. The quantitative estimate of drug-likeness (QED) is 0.828. The molecular weight excluding hydrogens is 212 g/mol. The number of hydrogen-bond donors (Lipinski definition) is 2. The van der Waals surface area contributed by atoms with Crippen LogP contribution in [0.15, 0.2) is 24.3 Å². The van der Waals surface area contributed by atoms with E-state index in [1.165, 1.54) is 12.1 Å². The molecule has 1 aromatic rings. The lowest BCUT2D eigenvalue weighted by Crippen LogP contribution is -2.17. The van der Waals surface area contributed by atoms with Gasteiger partial charge in [-0.2, -0.15) is 0 Å². The fraction of sp³-hybridized carbons (Fsp3) is 0.500. The van der Waals surface area contributed by atoms with E-state index >= 15 is 0 Å². The van der Waals surface area contributed by atoms with Crippen LogP contribution in [0, 0.1) is 5.92 Å². The van der Waals surface area contributed by atoms with Gasteiger partial charge in [0.05, 0.1) is 12.6 Å². The van der Waals surface area contributed by atoms with E-state index in [-0.39, 0.29) is 12.2 Å². The number of benzene rings is 1. The molecule has 1 atom stereocenters. The standard InChI is InChI=1S/C12H15F2NO/c13-12(14,10-5-6-10)9-3-1-8(2-4-9)11(15)7-16/h1-4,10-11,16H,5-7,15H2. The van der Waals surface area contributed by atoms with Crippen LogP contribution < -0.4 is 5.73 Å². The van der Waals surface area contributed by atoms with Crippen LogP contribution in [-0.4, -0.2) is 11.7 Å². The van der Waals surface area contributed by atoms with E-state index in [2.05, 4.69) is 0 Å². The van der Waals surface area contributed by atoms with Gasteiger partial charge >= 0.3 is 0 Å². The monoisotopic (exact) mass is 227 g/mol. The van der Waals surface area contributed by atoms with Gasteiger partial charge in [0.2, 0.25) is 0 Å². The molecule has 2 rings (SSSR count). The molecule has 1 aromatic carbocycles. The molecule has 0 heterocycles. The molecule has 2 nitrogen and oxygen atoms in total. The summed E-state index contributed by atoms with van der Waals surface area (Å²) in [6.45, 7) is -0.182. The molecule has 0 amide bonds. The predicted molar refractivity (Wildman–Crippen MR) is 57.1 cm³/mol. The second-order valence-corrected chi connectivity index (χ2v) is 4.31. The third-order valence-electron chi connectivity index (χ3n) is 3.01. The maximum Gasteiger partial charge on any atom is 0.276 e. The first-order chi connectivity index (χ1) is 7.55. The van der Waals surface area contributed by atoms with Crippen LogP contribution in [0.25, 0.3) is 0 Å². The van der Waals surface area contributed by atoms with E-state index in [1.807, 2.05) is 0 Å². The van der Waals surface area contributed by atoms with Crippen molar-refractivity contribution in [3.05, 3.63) is 35.4 Å². The lowest BCUT2D eigenvalue weighted by atomic mass is 10.0. The van der Waals surface area contributed by atoms with Crippen molar-refractivity contribution in [1.82, 2.24) is 0 Å². The molecule has 0 bridgehead atoms. The summed E-state index contributed by atoms with van der Waals surface area (Å²) < 4.78 is 27.4. The summed E-state index contributed by atoms with van der Waals surface area (Å²) in [5.41, 5.74) is 6.31. The molecule has 0 aromatic heterocycles. The Balaban J connectivity index is 2.18. The molecular formula is C12H15F2NO. The second kappa shape index (κ2) is 4.11. The van der Waals surface area contributed by atoms with Crippen molar-refractivity contribution in [1.29, 1.82) is 0 Å². The highest BCUT2D eigenvalue weighted by Crippen LogP contribution is 2.49. The van der Waals surface area contributed by atoms with E-state index in [9.17, 15) is 8.78 Å². The molecule has 0 spiro atoms. The van der Waals surface area contributed by atoms with Gasteiger partial charge in [-0.3, -0.25) is 0 Å². The average molecular weight is 227 g/mol. The molecule has 1 aliphatic rings. The lowest BCUT2D eigenvalue weighted by molar-refractivity contribution is -0.0285. The maximum absolute atomic E-state index is 13.7. The first kappa shape index (κ1) is 11.5. The Morgan fingerprint density at radius 1 is 1.31 bits per heavy atom. The third-order valence-corrected chi connectivity index (χ3v) is 3.01. The summed E-state index contributed by atoms with van der Waals surface area (Å²) in [4.78, 5) is 0. The number of hydrogen-bond acceptors (Lipinski definition) is 2. The Labute approximate surface area is 93.1 Å². The Morgan fingerprint density at radius 2 is 1.88 bits per heavy atom. The Bertz CT molecular complexity index is 360. The van der Waals surface area contributed by atoms with Gasteiger partial charge in [-0.05, 0) is 18.4 Å². The number of alkyl halides is 2. The Morgan fingerprint density at radius 3 is 2.31 bits per heavy atom. The maximum atomic E-state index is 13.7. The molecule has 1 aliphatic carbocycles. The summed E-state index contributed by atoms with van der Waals surface area (Å²) >= 11 is 0. The number of aliphatic hydroxyl groups excluding tert-OH is 1. The van der Waals surface area contributed by atoms with E-state index in [0.717, 1.165) is 0 Å². The highest BCUT2D eigenvalue weighted by Gasteiger charge is 2.47. The molecule has 1 saturated carbocycles. The van der Waals surface area contributed by atoms with Crippen LogP contribution in [0.2, 0.25) is 0 Å². The van der Waals surface area contributed by atoms with Crippen molar-refractivity contribution in [2.45, 2.75) is 24.8 Å². The fourth-order valence-corrected chi connectivity index (χ4v) is 1.74. The van der Waals surface area contributed by atoms with E-state index in [4.69, 9.17) is 10.8 Å². The summed E-state index contributed by atoms with van der Waals surface area (Å²) in [6, 6.07) is 5.44.